The predicted molar refractivity (Wildman–Crippen MR) is 79.7 cm³/mol. The summed E-state index contributed by atoms with van der Waals surface area (Å²) in [7, 11) is -4.28. The Labute approximate surface area is 122 Å². The third kappa shape index (κ3) is 2.69. The van der Waals surface area contributed by atoms with Gasteiger partial charge < -0.3 is 0 Å². The number of hydrogen-bond acceptors (Lipinski definition) is 3. The molecule has 0 saturated carbocycles. The minimum Gasteiger partial charge on any atom is -0.259 e. The summed E-state index contributed by atoms with van der Waals surface area (Å²) >= 11 is 0. The van der Waals surface area contributed by atoms with Crippen LogP contribution in [0.15, 0.2) is 23.1 Å². The van der Waals surface area contributed by atoms with E-state index in [1.807, 2.05) is 12.1 Å². The van der Waals surface area contributed by atoms with Crippen LogP contribution in [0.2, 0.25) is 0 Å². The molecule has 6 heteroatoms. The highest BCUT2D eigenvalue weighted by Crippen LogP contribution is 2.26. The number of rotatable bonds is 2. The highest BCUT2D eigenvalue weighted by Gasteiger charge is 2.28. The fraction of sp³-hybridized carbons (Fsp3) is 0.571. The molecule has 1 fully saturated rings. The van der Waals surface area contributed by atoms with Crippen LogP contribution >= 0.6 is 0 Å². The fourth-order valence-corrected chi connectivity index (χ4v) is 5.66. The van der Waals surface area contributed by atoms with E-state index in [0.29, 0.717) is 29.5 Å². The molecule has 4 nitrogen and oxygen atoms in total. The maximum Gasteiger partial charge on any atom is 0.243 e. The van der Waals surface area contributed by atoms with E-state index in [0.717, 1.165) is 19.3 Å². The van der Waals surface area contributed by atoms with Gasteiger partial charge in [-0.2, -0.15) is 4.31 Å². The zero-order valence-corrected chi connectivity index (χ0v) is 13.0. The molecule has 1 aromatic rings. The molecule has 0 radical (unpaired) electrons. The Morgan fingerprint density at radius 1 is 1.00 bits per heavy atom. The van der Waals surface area contributed by atoms with Gasteiger partial charge in [0.15, 0.2) is 0 Å². The maximum absolute atomic E-state index is 12.6. The topological polar surface area (TPSA) is 54.5 Å². The van der Waals surface area contributed by atoms with E-state index >= 15 is 0 Å². The quantitative estimate of drug-likeness (QED) is 0.827. The van der Waals surface area contributed by atoms with Crippen molar-refractivity contribution in [1.82, 2.24) is 4.31 Å². The van der Waals surface area contributed by atoms with Gasteiger partial charge in [-0.3, -0.25) is 4.21 Å². The first-order chi connectivity index (χ1) is 9.57. The minimum absolute atomic E-state index is 0.367. The van der Waals surface area contributed by atoms with Gasteiger partial charge in [-0.15, -0.1) is 0 Å². The first kappa shape index (κ1) is 14.2. The van der Waals surface area contributed by atoms with Crippen molar-refractivity contribution in [2.24, 2.45) is 0 Å². The zero-order valence-electron chi connectivity index (χ0n) is 11.4. The summed E-state index contributed by atoms with van der Waals surface area (Å²) in [5.74, 6) is 0.897. The van der Waals surface area contributed by atoms with Crippen molar-refractivity contribution in [3.8, 4) is 0 Å². The average molecular weight is 313 g/mol. The molecule has 1 aliphatic carbocycles. The Bertz CT molecular complexity index is 630. The van der Waals surface area contributed by atoms with Crippen molar-refractivity contribution in [3.05, 3.63) is 29.3 Å². The van der Waals surface area contributed by atoms with Gasteiger partial charge in [-0.25, -0.2) is 8.42 Å². The minimum atomic E-state index is -3.42. The first-order valence-corrected chi connectivity index (χ1v) is 9.97. The zero-order chi connectivity index (χ0) is 14.2. The smallest absolute Gasteiger partial charge is 0.243 e. The molecule has 0 unspecified atom stereocenters. The Kier molecular flexibility index (Phi) is 3.97. The van der Waals surface area contributed by atoms with E-state index in [2.05, 4.69) is 0 Å². The largest absolute Gasteiger partial charge is 0.259 e. The molecular formula is C14H19NO3S2. The van der Waals surface area contributed by atoms with Crippen molar-refractivity contribution in [3.63, 3.8) is 0 Å². The molecule has 0 atom stereocenters. The lowest BCUT2D eigenvalue weighted by atomic mass is 9.92. The fourth-order valence-electron chi connectivity index (χ4n) is 2.88. The Hall–Kier alpha value is -0.720. The normalized spacial score (nSPS) is 21.6. The van der Waals surface area contributed by atoms with Gasteiger partial charge >= 0.3 is 0 Å². The van der Waals surface area contributed by atoms with Gasteiger partial charge in [0.2, 0.25) is 10.0 Å². The molecule has 0 amide bonds. The molecule has 0 bridgehead atoms. The number of sulfonamides is 1. The van der Waals surface area contributed by atoms with Crippen LogP contribution in [0.1, 0.15) is 24.0 Å². The second kappa shape index (κ2) is 5.58. The molecule has 1 heterocycles. The lowest BCUT2D eigenvalue weighted by molar-refractivity contribution is 0.438. The monoisotopic (exact) mass is 313 g/mol. The lowest BCUT2D eigenvalue weighted by Crippen LogP contribution is -2.41. The van der Waals surface area contributed by atoms with E-state index in [1.54, 1.807) is 6.07 Å². The molecule has 0 aromatic heterocycles. The molecule has 20 heavy (non-hydrogen) atoms. The van der Waals surface area contributed by atoms with Crippen LogP contribution in [-0.4, -0.2) is 41.5 Å². The molecule has 1 aromatic carbocycles. The SMILES string of the molecule is O=S1CCN(S(=O)(=O)c2ccc3c(c2)CCCC3)CC1. The number of hydrogen-bond donors (Lipinski definition) is 0. The van der Waals surface area contributed by atoms with Crippen LogP contribution in [0.4, 0.5) is 0 Å². The molecule has 0 spiro atoms. The summed E-state index contributed by atoms with van der Waals surface area (Å²) < 4.78 is 38.0. The molecule has 3 rings (SSSR count). The maximum atomic E-state index is 12.6. The average Bonchev–Trinajstić information content (AvgIpc) is 2.47. The van der Waals surface area contributed by atoms with Crippen molar-refractivity contribution in [2.75, 3.05) is 24.6 Å². The third-order valence-electron chi connectivity index (χ3n) is 4.09. The van der Waals surface area contributed by atoms with Gasteiger partial charge in [-0.05, 0) is 48.9 Å². The summed E-state index contributed by atoms with van der Waals surface area (Å²) in [6.07, 6.45) is 4.36. The number of aryl methyl sites for hydroxylation is 2. The highest BCUT2D eigenvalue weighted by molar-refractivity contribution is 7.89. The van der Waals surface area contributed by atoms with Crippen molar-refractivity contribution in [1.29, 1.82) is 0 Å². The summed E-state index contributed by atoms with van der Waals surface area (Å²) in [5.41, 5.74) is 2.47. The summed E-state index contributed by atoms with van der Waals surface area (Å²) in [4.78, 5) is 0.394. The molecular weight excluding hydrogens is 294 g/mol. The molecule has 0 N–H and O–H groups in total. The van der Waals surface area contributed by atoms with Crippen LogP contribution in [0.25, 0.3) is 0 Å². The van der Waals surface area contributed by atoms with E-state index < -0.39 is 20.8 Å². The Balaban J connectivity index is 1.89. The van der Waals surface area contributed by atoms with Crippen LogP contribution in [-0.2, 0) is 33.7 Å². The van der Waals surface area contributed by atoms with Crippen molar-refractivity contribution >= 4 is 20.8 Å². The van der Waals surface area contributed by atoms with Crippen molar-refractivity contribution in [2.45, 2.75) is 30.6 Å². The van der Waals surface area contributed by atoms with Crippen LogP contribution in [0.5, 0.6) is 0 Å². The van der Waals surface area contributed by atoms with Gasteiger partial charge in [0.1, 0.15) is 0 Å². The second-order valence-corrected chi connectivity index (χ2v) is 9.02. The molecule has 110 valence electrons. The van der Waals surface area contributed by atoms with E-state index in [1.165, 1.54) is 21.9 Å². The summed E-state index contributed by atoms with van der Waals surface area (Å²) in [6, 6.07) is 5.53. The Morgan fingerprint density at radius 3 is 2.35 bits per heavy atom. The molecule has 1 saturated heterocycles. The van der Waals surface area contributed by atoms with Gasteiger partial charge in [0, 0.05) is 35.4 Å². The Morgan fingerprint density at radius 2 is 1.65 bits per heavy atom. The standard InChI is InChI=1S/C14H19NO3S2/c16-19-9-7-15(8-10-19)20(17,18)14-6-5-12-3-1-2-4-13(12)11-14/h5-6,11H,1-4,7-10H2. The predicted octanol–water partition coefficient (Wildman–Crippen LogP) is 1.32. The highest BCUT2D eigenvalue weighted by atomic mass is 32.2. The summed E-state index contributed by atoms with van der Waals surface area (Å²) in [5, 5.41) is 0. The van der Waals surface area contributed by atoms with E-state index in [9.17, 15) is 12.6 Å². The van der Waals surface area contributed by atoms with Crippen LogP contribution < -0.4 is 0 Å². The second-order valence-electron chi connectivity index (χ2n) is 5.39. The van der Waals surface area contributed by atoms with Crippen molar-refractivity contribution < 1.29 is 12.6 Å². The van der Waals surface area contributed by atoms with Gasteiger partial charge in [0.05, 0.1) is 4.90 Å². The first-order valence-electron chi connectivity index (χ1n) is 7.04. The van der Waals surface area contributed by atoms with E-state index in [4.69, 9.17) is 0 Å². The van der Waals surface area contributed by atoms with E-state index in [-0.39, 0.29) is 0 Å². The van der Waals surface area contributed by atoms with Gasteiger partial charge in [0.25, 0.3) is 0 Å². The molecule has 2 aliphatic rings. The number of fused-ring (bicyclic) bond motifs is 1. The van der Waals surface area contributed by atoms with Crippen LogP contribution in [0, 0.1) is 0 Å². The molecule has 1 aliphatic heterocycles. The van der Waals surface area contributed by atoms with Gasteiger partial charge in [-0.1, -0.05) is 6.07 Å². The van der Waals surface area contributed by atoms with Crippen LogP contribution in [0.3, 0.4) is 0 Å². The third-order valence-corrected chi connectivity index (χ3v) is 7.26. The summed E-state index contributed by atoms with van der Waals surface area (Å²) in [6.45, 7) is 0.734. The number of nitrogens with zero attached hydrogens (tertiary/aromatic N) is 1. The number of benzene rings is 1. The lowest BCUT2D eigenvalue weighted by Gasteiger charge is -2.26.